The fourth-order valence-electron chi connectivity index (χ4n) is 3.89. The summed E-state index contributed by atoms with van der Waals surface area (Å²) in [4.78, 5) is 0. The van der Waals surface area contributed by atoms with Gasteiger partial charge in [0.1, 0.15) is 7.85 Å². The molecule has 0 saturated carbocycles. The zero-order valence-electron chi connectivity index (χ0n) is 17.9. The minimum atomic E-state index is -2.19. The van der Waals surface area contributed by atoms with Crippen LogP contribution in [0.1, 0.15) is 54.9 Å². The average Bonchev–Trinajstić information content (AvgIpc) is 2.97. The molecule has 8 heteroatoms. The third-order valence-corrected chi connectivity index (χ3v) is 6.91. The van der Waals surface area contributed by atoms with Crippen molar-refractivity contribution in [1.29, 1.82) is 0 Å². The molecule has 0 aromatic rings. The monoisotopic (exact) mass is 475 g/mol. The van der Waals surface area contributed by atoms with E-state index in [0.29, 0.717) is 18.5 Å². The van der Waals surface area contributed by atoms with E-state index < -0.39 is 8.03 Å². The topological polar surface area (TPSA) is 54.0 Å². The fraction of sp³-hybridized carbons (Fsp3) is 1.00. The second kappa shape index (κ2) is 11.6. The first-order valence-electron chi connectivity index (χ1n) is 10.0. The van der Waals surface area contributed by atoms with Crippen LogP contribution in [0.5, 0.6) is 0 Å². The van der Waals surface area contributed by atoms with Gasteiger partial charge >= 0.3 is 0 Å². The maximum Gasteiger partial charge on any atom is 0.192 e. The molecule has 3 unspecified atom stereocenters. The first-order valence-corrected chi connectivity index (χ1v) is 11.6. The van der Waals surface area contributed by atoms with Crippen LogP contribution >= 0.6 is 8.03 Å². The van der Waals surface area contributed by atoms with E-state index in [1.165, 1.54) is 0 Å². The molecule has 0 aliphatic carbocycles. The zero-order chi connectivity index (χ0) is 19.6. The number of ether oxygens (including phenoxy) is 3. The maximum absolute atomic E-state index is 12.6. The SMILES string of the molecule is [B][C@@H]1O[C@H](C(C)C)C(O[PH](=O)CC[C@H]2O[C@@H](C)[C@@H](C)C2OC(C)C)[C@@H]1C.[Y]. The quantitative estimate of drug-likeness (QED) is 0.397. The molecule has 0 aromatic carbocycles. The van der Waals surface area contributed by atoms with Crippen molar-refractivity contribution >= 4 is 15.9 Å². The third kappa shape index (κ3) is 6.87. The Bertz CT molecular complexity index is 481. The summed E-state index contributed by atoms with van der Waals surface area (Å²) in [5, 5.41) is 0. The van der Waals surface area contributed by atoms with Crippen molar-refractivity contribution < 1.29 is 56.0 Å². The molecule has 0 N–H and O–H groups in total. The molecule has 153 valence electrons. The molecular weight excluding hydrogens is 439 g/mol. The van der Waals surface area contributed by atoms with Crippen molar-refractivity contribution in [3.63, 3.8) is 0 Å². The summed E-state index contributed by atoms with van der Waals surface area (Å²) in [5.41, 5.74) is 0. The Morgan fingerprint density at radius 2 is 1.67 bits per heavy atom. The number of hydrogen-bond donors (Lipinski definition) is 0. The van der Waals surface area contributed by atoms with E-state index in [1.54, 1.807) is 0 Å². The molecule has 2 fully saturated rings. The predicted octanol–water partition coefficient (Wildman–Crippen LogP) is 3.64. The first-order chi connectivity index (χ1) is 12.1. The summed E-state index contributed by atoms with van der Waals surface area (Å²) in [6.07, 6.45) is 1.19. The van der Waals surface area contributed by atoms with E-state index in [2.05, 4.69) is 27.7 Å². The van der Waals surface area contributed by atoms with Crippen molar-refractivity contribution in [3.8, 4) is 0 Å². The number of hydrogen-bond acceptors (Lipinski definition) is 5. The molecule has 0 bridgehead atoms. The average molecular weight is 475 g/mol. The van der Waals surface area contributed by atoms with Crippen LogP contribution in [-0.4, -0.2) is 56.6 Å². The Morgan fingerprint density at radius 1 is 1.04 bits per heavy atom. The van der Waals surface area contributed by atoms with Crippen LogP contribution in [-0.2, 0) is 56.0 Å². The first kappa shape index (κ1) is 26.3. The van der Waals surface area contributed by atoms with E-state index in [9.17, 15) is 4.57 Å². The van der Waals surface area contributed by atoms with Gasteiger partial charge in [0.15, 0.2) is 8.03 Å². The Morgan fingerprint density at radius 3 is 2.22 bits per heavy atom. The molecule has 9 atom stereocenters. The second-order valence-corrected chi connectivity index (χ2v) is 10.0. The summed E-state index contributed by atoms with van der Waals surface area (Å²) in [6, 6.07) is -0.356. The smallest absolute Gasteiger partial charge is 0.192 e. The van der Waals surface area contributed by atoms with Crippen LogP contribution < -0.4 is 0 Å². The van der Waals surface area contributed by atoms with Gasteiger partial charge in [0, 0.05) is 56.7 Å². The van der Waals surface area contributed by atoms with Crippen LogP contribution in [0.25, 0.3) is 0 Å². The van der Waals surface area contributed by atoms with Gasteiger partial charge in [-0.3, -0.25) is 4.57 Å². The fourth-order valence-corrected chi connectivity index (χ4v) is 5.18. The van der Waals surface area contributed by atoms with Crippen LogP contribution in [0.2, 0.25) is 0 Å². The molecule has 2 heterocycles. The van der Waals surface area contributed by atoms with Crippen molar-refractivity contribution in [2.24, 2.45) is 17.8 Å². The van der Waals surface area contributed by atoms with Gasteiger partial charge in [-0.05, 0) is 33.1 Å². The van der Waals surface area contributed by atoms with E-state index in [4.69, 9.17) is 26.6 Å². The Kier molecular flexibility index (Phi) is 11.3. The van der Waals surface area contributed by atoms with E-state index in [-0.39, 0.29) is 87.2 Å². The van der Waals surface area contributed by atoms with Crippen molar-refractivity contribution in [2.45, 2.75) is 97.5 Å². The Hall–Kier alpha value is 1.24. The molecule has 27 heavy (non-hydrogen) atoms. The summed E-state index contributed by atoms with van der Waals surface area (Å²) in [7, 11) is 3.82. The molecule has 0 spiro atoms. The zero-order valence-corrected chi connectivity index (χ0v) is 21.7. The molecule has 2 aliphatic heterocycles. The largest absolute Gasteiger partial charge is 0.381 e. The predicted molar refractivity (Wildman–Crippen MR) is 105 cm³/mol. The van der Waals surface area contributed by atoms with Crippen molar-refractivity contribution in [3.05, 3.63) is 0 Å². The van der Waals surface area contributed by atoms with Gasteiger partial charge < -0.3 is 18.7 Å². The minimum absolute atomic E-state index is 0. The van der Waals surface area contributed by atoms with Gasteiger partial charge in [-0.1, -0.05) is 27.7 Å². The van der Waals surface area contributed by atoms with Crippen LogP contribution in [0.15, 0.2) is 0 Å². The summed E-state index contributed by atoms with van der Waals surface area (Å²) in [5.74, 6) is 0.642. The normalized spacial score (nSPS) is 40.5. The molecule has 0 amide bonds. The molecule has 5 nitrogen and oxygen atoms in total. The second-order valence-electron chi connectivity index (χ2n) is 8.55. The van der Waals surface area contributed by atoms with Crippen LogP contribution in [0.3, 0.4) is 0 Å². The van der Waals surface area contributed by atoms with E-state index in [0.717, 1.165) is 0 Å². The molecule has 2 aliphatic rings. The van der Waals surface area contributed by atoms with Gasteiger partial charge in [0.25, 0.3) is 0 Å². The summed E-state index contributed by atoms with van der Waals surface area (Å²) < 4.78 is 36.5. The van der Waals surface area contributed by atoms with Crippen molar-refractivity contribution in [2.75, 3.05) is 6.16 Å². The van der Waals surface area contributed by atoms with Gasteiger partial charge in [-0.2, -0.15) is 0 Å². The Labute approximate surface area is 192 Å². The van der Waals surface area contributed by atoms with E-state index >= 15 is 0 Å². The van der Waals surface area contributed by atoms with Crippen molar-refractivity contribution in [1.82, 2.24) is 0 Å². The maximum atomic E-state index is 12.6. The molecule has 2 saturated heterocycles. The molecule has 3 radical (unpaired) electrons. The number of rotatable bonds is 8. The summed E-state index contributed by atoms with van der Waals surface area (Å²) >= 11 is 0. The Balaban J connectivity index is 0.00000364. The van der Waals surface area contributed by atoms with E-state index in [1.807, 2.05) is 20.8 Å². The third-order valence-electron chi connectivity index (χ3n) is 5.68. The van der Waals surface area contributed by atoms with Crippen LogP contribution in [0.4, 0.5) is 0 Å². The molecular formula is C19H36BO5PY. The van der Waals surface area contributed by atoms with Gasteiger partial charge in [-0.25, -0.2) is 0 Å². The standard InChI is InChI=1S/C19H36BO5P.Y/c1-10(2)16-18(13(6)19(20)24-16)25-26(21)9-8-15-17(22-11(3)4)12(5)14(7)23-15;/h10-19,26H,8-9H2,1-7H3;/t12-,13+,14+,15-,16-,17?,18?,19-;/m1./s1. The molecule has 0 aromatic heterocycles. The van der Waals surface area contributed by atoms with Gasteiger partial charge in [-0.15, -0.1) is 0 Å². The van der Waals surface area contributed by atoms with Gasteiger partial charge in [0.2, 0.25) is 0 Å². The summed E-state index contributed by atoms with van der Waals surface area (Å²) in [6.45, 7) is 14.5. The van der Waals surface area contributed by atoms with Crippen LogP contribution in [0, 0.1) is 17.8 Å². The minimum Gasteiger partial charge on any atom is -0.381 e. The molecule has 2 rings (SSSR count). The van der Waals surface area contributed by atoms with Gasteiger partial charge in [0.05, 0.1) is 36.6 Å².